The number of carbonyl (C=O) groups excluding carboxylic acids is 2. The molecule has 34 heavy (non-hydrogen) atoms. The van der Waals surface area contributed by atoms with E-state index in [-0.39, 0.29) is 25.4 Å². The van der Waals surface area contributed by atoms with Crippen molar-refractivity contribution in [3.8, 4) is 16.9 Å². The molecule has 0 unspecified atom stereocenters. The zero-order valence-electron chi connectivity index (χ0n) is 18.0. The molecule has 1 aromatic carbocycles. The zero-order valence-corrected chi connectivity index (χ0v) is 18.0. The third-order valence-electron chi connectivity index (χ3n) is 5.67. The van der Waals surface area contributed by atoms with Crippen LogP contribution in [-0.4, -0.2) is 51.2 Å². The minimum Gasteiger partial charge on any atom is -0.485 e. The Morgan fingerprint density at radius 2 is 2.15 bits per heavy atom. The van der Waals surface area contributed by atoms with E-state index in [0.29, 0.717) is 38.9 Å². The van der Waals surface area contributed by atoms with E-state index in [1.54, 1.807) is 42.0 Å². The van der Waals surface area contributed by atoms with Gasteiger partial charge in [0.25, 0.3) is 0 Å². The van der Waals surface area contributed by atoms with Gasteiger partial charge in [0.1, 0.15) is 24.9 Å². The van der Waals surface area contributed by atoms with Crippen LogP contribution in [0.15, 0.2) is 30.6 Å². The lowest BCUT2D eigenvalue weighted by molar-refractivity contribution is -0.117. The summed E-state index contributed by atoms with van der Waals surface area (Å²) in [6, 6.07) is 5.22. The van der Waals surface area contributed by atoms with Gasteiger partial charge in [0.05, 0.1) is 17.6 Å². The molecule has 3 heterocycles. The van der Waals surface area contributed by atoms with Crippen molar-refractivity contribution in [3.05, 3.63) is 42.0 Å². The molecule has 176 valence electrons. The Bertz CT molecular complexity index is 1430. The fourth-order valence-corrected chi connectivity index (χ4v) is 3.90. The average molecular weight is 470 g/mol. The average Bonchev–Trinajstić information content (AvgIpc) is 3.17. The van der Waals surface area contributed by atoms with E-state index in [9.17, 15) is 14.0 Å². The molecule has 0 saturated heterocycles. The third kappa shape index (κ3) is 3.87. The lowest BCUT2D eigenvalue weighted by Gasteiger charge is -2.14. The number of nitrogens with one attached hydrogen (secondary N) is 2. The van der Waals surface area contributed by atoms with Crippen LogP contribution in [0.3, 0.4) is 0 Å². The second-order valence-corrected chi connectivity index (χ2v) is 7.98. The molecule has 1 aliphatic rings. The van der Waals surface area contributed by atoms with E-state index in [4.69, 9.17) is 10.5 Å². The molecular weight excluding hydrogens is 450 g/mol. The minimum absolute atomic E-state index is 0.0384. The highest BCUT2D eigenvalue weighted by Crippen LogP contribution is 2.40. The summed E-state index contributed by atoms with van der Waals surface area (Å²) in [6.07, 6.45) is 1.44. The van der Waals surface area contributed by atoms with Crippen LogP contribution in [-0.2, 0) is 9.53 Å². The van der Waals surface area contributed by atoms with Gasteiger partial charge < -0.3 is 20.5 Å². The van der Waals surface area contributed by atoms with Gasteiger partial charge in [-0.15, -0.1) is 0 Å². The number of benzene rings is 1. The Labute approximate surface area is 191 Å². The molecule has 1 aliphatic carbocycles. The Morgan fingerprint density at radius 3 is 2.88 bits per heavy atom. The fraction of sp³-hybridized carbons (Fsp3) is 0.273. The molecule has 0 bridgehead atoms. The van der Waals surface area contributed by atoms with Crippen molar-refractivity contribution >= 4 is 34.2 Å². The van der Waals surface area contributed by atoms with Gasteiger partial charge in [-0.3, -0.25) is 9.89 Å². The Morgan fingerprint density at radius 1 is 1.35 bits per heavy atom. The molecule has 3 aromatic heterocycles. The molecular formula is C22H20F2N6O4. The summed E-state index contributed by atoms with van der Waals surface area (Å²) in [7, 11) is 0. The monoisotopic (exact) mass is 470 g/mol. The van der Waals surface area contributed by atoms with Gasteiger partial charge in [-0.05, 0) is 42.2 Å². The van der Waals surface area contributed by atoms with Gasteiger partial charge >= 0.3 is 6.09 Å². The van der Waals surface area contributed by atoms with Crippen molar-refractivity contribution < 1.29 is 27.8 Å². The maximum absolute atomic E-state index is 15.3. The summed E-state index contributed by atoms with van der Waals surface area (Å²) < 4.78 is 40.1. The van der Waals surface area contributed by atoms with Crippen molar-refractivity contribution in [3.63, 3.8) is 0 Å². The first-order valence-corrected chi connectivity index (χ1v) is 10.5. The van der Waals surface area contributed by atoms with Crippen LogP contribution < -0.4 is 15.8 Å². The van der Waals surface area contributed by atoms with Gasteiger partial charge in [-0.1, -0.05) is 0 Å². The fourth-order valence-electron chi connectivity index (χ4n) is 3.90. The summed E-state index contributed by atoms with van der Waals surface area (Å²) in [5.41, 5.74) is 7.56. The highest BCUT2D eigenvalue weighted by molar-refractivity contribution is 6.00. The molecule has 4 aromatic rings. The number of rotatable bonds is 7. The van der Waals surface area contributed by atoms with E-state index in [0.717, 1.165) is 0 Å². The number of fused-ring (bicyclic) bond motifs is 2. The molecule has 2 amide bonds. The highest BCUT2D eigenvalue weighted by atomic mass is 19.1. The van der Waals surface area contributed by atoms with Gasteiger partial charge in [-0.25, -0.2) is 18.1 Å². The van der Waals surface area contributed by atoms with Crippen LogP contribution in [0.2, 0.25) is 0 Å². The number of nitrogens with two attached hydrogens (primary N) is 1. The third-order valence-corrected chi connectivity index (χ3v) is 5.67. The van der Waals surface area contributed by atoms with Gasteiger partial charge in [0.2, 0.25) is 5.91 Å². The van der Waals surface area contributed by atoms with Gasteiger partial charge in [0, 0.05) is 17.6 Å². The Kier molecular flexibility index (Phi) is 5.27. The second kappa shape index (κ2) is 8.28. The van der Waals surface area contributed by atoms with Crippen molar-refractivity contribution in [1.82, 2.24) is 19.8 Å². The summed E-state index contributed by atoms with van der Waals surface area (Å²) in [6.45, 7) is 1.40. The topological polar surface area (TPSA) is 137 Å². The first-order chi connectivity index (χ1) is 16.3. The normalized spacial score (nSPS) is 17.1. The first kappa shape index (κ1) is 21.6. The van der Waals surface area contributed by atoms with Crippen molar-refractivity contribution in [2.45, 2.75) is 19.5 Å². The first-order valence-electron chi connectivity index (χ1n) is 10.5. The number of nitrogens with zero attached hydrogens (tertiary/aromatic N) is 3. The predicted molar refractivity (Wildman–Crippen MR) is 118 cm³/mol. The van der Waals surface area contributed by atoms with E-state index in [2.05, 4.69) is 25.3 Å². The number of H-pyrrole nitrogens is 1. The standard InChI is InChI=1S/C22H20F2N6O4/c1-10-17(14-9-26-28-19(14)20(18(10)24)33-4-5-34-22(25)32)11-2-3-30-12(6-11)7-16(29-30)27-21(31)13-8-15(13)23/h2-3,6-7,9,13,15H,4-5,8H2,1H3,(H2,25,32)(H,26,28)(H,27,29,31)/t13-,15+/m1/s1. The SMILES string of the molecule is Cc1c(F)c(OCCOC(N)=O)c2[nH]ncc2c1-c1ccn2nc(NC(=O)[C@@H]3C[C@@H]3F)cc2c1. The largest absolute Gasteiger partial charge is 0.485 e. The number of alkyl halides is 1. The van der Waals surface area contributed by atoms with Gasteiger partial charge in [0.15, 0.2) is 17.4 Å². The van der Waals surface area contributed by atoms with E-state index in [1.165, 1.54) is 0 Å². The van der Waals surface area contributed by atoms with Crippen LogP contribution >= 0.6 is 0 Å². The van der Waals surface area contributed by atoms with E-state index in [1.807, 2.05) is 0 Å². The zero-order chi connectivity index (χ0) is 24.0. The van der Waals surface area contributed by atoms with E-state index >= 15 is 4.39 Å². The molecule has 2 atom stereocenters. The predicted octanol–water partition coefficient (Wildman–Crippen LogP) is 3.10. The molecule has 0 radical (unpaired) electrons. The maximum Gasteiger partial charge on any atom is 0.404 e. The number of carbonyl (C=O) groups is 2. The molecule has 0 spiro atoms. The minimum atomic E-state index is -1.10. The molecule has 1 saturated carbocycles. The maximum atomic E-state index is 15.3. The number of anilines is 1. The highest BCUT2D eigenvalue weighted by Gasteiger charge is 2.43. The molecule has 10 nitrogen and oxygen atoms in total. The molecule has 5 rings (SSSR count). The molecule has 4 N–H and O–H groups in total. The summed E-state index contributed by atoms with van der Waals surface area (Å²) in [4.78, 5) is 22.7. The Balaban J connectivity index is 1.47. The number of halogens is 2. The number of primary amides is 1. The van der Waals surface area contributed by atoms with Crippen molar-refractivity contribution in [2.24, 2.45) is 11.7 Å². The number of hydrogen-bond acceptors (Lipinski definition) is 6. The lowest BCUT2D eigenvalue weighted by Crippen LogP contribution is -2.17. The molecule has 0 aliphatic heterocycles. The quantitative estimate of drug-likeness (QED) is 0.355. The second-order valence-electron chi connectivity index (χ2n) is 7.98. The molecule has 1 fully saturated rings. The van der Waals surface area contributed by atoms with Crippen molar-refractivity contribution in [1.29, 1.82) is 0 Å². The summed E-state index contributed by atoms with van der Waals surface area (Å²) in [5.74, 6) is -1.34. The van der Waals surface area contributed by atoms with Crippen LogP contribution in [0.25, 0.3) is 27.5 Å². The number of amides is 2. The van der Waals surface area contributed by atoms with E-state index < -0.39 is 29.9 Å². The number of hydrogen-bond donors (Lipinski definition) is 3. The molecule has 12 heteroatoms. The lowest BCUT2D eigenvalue weighted by atomic mass is 9.96. The number of aromatic nitrogens is 4. The van der Waals surface area contributed by atoms with Crippen LogP contribution in [0.4, 0.5) is 19.4 Å². The Hall–Kier alpha value is -4.22. The smallest absolute Gasteiger partial charge is 0.404 e. The number of ether oxygens (including phenoxy) is 2. The van der Waals surface area contributed by atoms with Crippen LogP contribution in [0.1, 0.15) is 12.0 Å². The number of aromatic amines is 1. The summed E-state index contributed by atoms with van der Waals surface area (Å²) >= 11 is 0. The number of pyridine rings is 1. The van der Waals surface area contributed by atoms with Crippen LogP contribution in [0, 0.1) is 18.7 Å². The van der Waals surface area contributed by atoms with Crippen molar-refractivity contribution in [2.75, 3.05) is 18.5 Å². The van der Waals surface area contributed by atoms with Gasteiger partial charge in [-0.2, -0.15) is 10.2 Å². The van der Waals surface area contributed by atoms with Crippen LogP contribution in [0.5, 0.6) is 5.75 Å². The summed E-state index contributed by atoms with van der Waals surface area (Å²) in [5, 5.41) is 14.3.